The van der Waals surface area contributed by atoms with Crippen molar-refractivity contribution in [3.8, 4) is 0 Å². The molecule has 10 nitrogen and oxygen atoms in total. The molecular formula is C23H34N2O8S2. The summed E-state index contributed by atoms with van der Waals surface area (Å²) in [6.45, 7) is 8.83. The standard InChI is InChI=1S/C23H34N2O8S2/c1-6-30-19(26)17(24-21(28)32-13-16-11-9-8-10-12-16)14-34-35-15-18(20(27)31-7-2)25-22(29)33-23(3,4)5/h8-12,17-18H,6-7,13-15H2,1-5H3,(H,24,28)(H,25,29)/t17-,18-/m0/s1. The van der Waals surface area contributed by atoms with Crippen molar-refractivity contribution < 1.29 is 38.1 Å². The molecule has 1 aromatic carbocycles. The lowest BCUT2D eigenvalue weighted by molar-refractivity contribution is -0.145. The maximum atomic E-state index is 12.3. The van der Waals surface area contributed by atoms with Gasteiger partial charge in [0.25, 0.3) is 0 Å². The van der Waals surface area contributed by atoms with Crippen molar-refractivity contribution in [2.45, 2.75) is 58.9 Å². The molecule has 0 saturated carbocycles. The van der Waals surface area contributed by atoms with Crippen molar-refractivity contribution in [2.75, 3.05) is 24.7 Å². The first-order chi connectivity index (χ1) is 16.6. The third kappa shape index (κ3) is 13.8. The molecule has 0 aliphatic carbocycles. The van der Waals surface area contributed by atoms with Gasteiger partial charge >= 0.3 is 24.1 Å². The van der Waals surface area contributed by atoms with E-state index in [2.05, 4.69) is 10.6 Å². The van der Waals surface area contributed by atoms with E-state index in [9.17, 15) is 19.2 Å². The molecule has 0 saturated heterocycles. The number of nitrogens with one attached hydrogen (secondary N) is 2. The highest BCUT2D eigenvalue weighted by Crippen LogP contribution is 2.24. The zero-order valence-corrected chi connectivity index (χ0v) is 22.3. The molecule has 0 bridgehead atoms. The van der Waals surface area contributed by atoms with E-state index >= 15 is 0 Å². The van der Waals surface area contributed by atoms with Crippen LogP contribution in [-0.4, -0.2) is 66.5 Å². The van der Waals surface area contributed by atoms with E-state index in [0.29, 0.717) is 0 Å². The van der Waals surface area contributed by atoms with Crippen LogP contribution in [0.3, 0.4) is 0 Å². The number of esters is 2. The van der Waals surface area contributed by atoms with Gasteiger partial charge in [-0.3, -0.25) is 0 Å². The largest absolute Gasteiger partial charge is 0.464 e. The number of carbonyl (C=O) groups excluding carboxylic acids is 4. The van der Waals surface area contributed by atoms with E-state index in [1.807, 2.05) is 30.3 Å². The van der Waals surface area contributed by atoms with Crippen molar-refractivity contribution in [3.05, 3.63) is 35.9 Å². The van der Waals surface area contributed by atoms with Gasteiger partial charge in [-0.2, -0.15) is 0 Å². The molecule has 0 unspecified atom stereocenters. The third-order valence-corrected chi connectivity index (χ3v) is 6.31. The maximum Gasteiger partial charge on any atom is 0.408 e. The summed E-state index contributed by atoms with van der Waals surface area (Å²) >= 11 is 0. The molecule has 35 heavy (non-hydrogen) atoms. The van der Waals surface area contributed by atoms with Gasteiger partial charge in [0.1, 0.15) is 24.3 Å². The van der Waals surface area contributed by atoms with Gasteiger partial charge in [0.2, 0.25) is 0 Å². The minimum Gasteiger partial charge on any atom is -0.464 e. The molecule has 0 aliphatic heterocycles. The Balaban J connectivity index is 2.61. The molecule has 1 aromatic rings. The van der Waals surface area contributed by atoms with Crippen LogP contribution in [0.1, 0.15) is 40.2 Å². The Labute approximate surface area is 213 Å². The minimum absolute atomic E-state index is 0.0572. The number of ether oxygens (including phenoxy) is 4. The number of benzene rings is 1. The van der Waals surface area contributed by atoms with Crippen LogP contribution < -0.4 is 10.6 Å². The van der Waals surface area contributed by atoms with E-state index < -0.39 is 41.8 Å². The van der Waals surface area contributed by atoms with Gasteiger partial charge in [-0.15, -0.1) is 0 Å². The van der Waals surface area contributed by atoms with Crippen LogP contribution in [0.25, 0.3) is 0 Å². The molecule has 0 radical (unpaired) electrons. The molecule has 1 rings (SSSR count). The quantitative estimate of drug-likeness (QED) is 0.169. The lowest BCUT2D eigenvalue weighted by atomic mass is 10.2. The van der Waals surface area contributed by atoms with Crippen LogP contribution in [0.2, 0.25) is 0 Å². The van der Waals surface area contributed by atoms with Gasteiger partial charge in [-0.1, -0.05) is 51.9 Å². The fourth-order valence-corrected chi connectivity index (χ4v) is 4.71. The minimum atomic E-state index is -0.962. The Morgan fingerprint density at radius 2 is 1.29 bits per heavy atom. The molecule has 0 aromatic heterocycles. The molecule has 2 N–H and O–H groups in total. The van der Waals surface area contributed by atoms with Crippen LogP contribution in [0.15, 0.2) is 30.3 Å². The Bertz CT molecular complexity index is 817. The lowest BCUT2D eigenvalue weighted by Gasteiger charge is -2.22. The van der Waals surface area contributed by atoms with Crippen LogP contribution in [0.4, 0.5) is 9.59 Å². The highest BCUT2D eigenvalue weighted by molar-refractivity contribution is 8.76. The summed E-state index contributed by atoms with van der Waals surface area (Å²) in [5, 5.41) is 5.01. The first-order valence-corrected chi connectivity index (χ1v) is 13.6. The average Bonchev–Trinajstić information content (AvgIpc) is 2.78. The number of carbonyl (C=O) groups is 4. The molecule has 12 heteroatoms. The summed E-state index contributed by atoms with van der Waals surface area (Å²) < 4.78 is 20.4. The van der Waals surface area contributed by atoms with E-state index in [0.717, 1.165) is 5.56 Å². The summed E-state index contributed by atoms with van der Waals surface area (Å²) in [6.07, 6.45) is -1.50. The van der Waals surface area contributed by atoms with Gasteiger partial charge in [-0.05, 0) is 40.2 Å². The normalized spacial score (nSPS) is 12.6. The smallest absolute Gasteiger partial charge is 0.408 e. The third-order valence-electron chi connectivity index (χ3n) is 3.89. The van der Waals surface area contributed by atoms with E-state index in [1.165, 1.54) is 21.6 Å². The number of amides is 2. The van der Waals surface area contributed by atoms with Gasteiger partial charge < -0.3 is 29.6 Å². The van der Waals surface area contributed by atoms with Crippen molar-refractivity contribution in [3.63, 3.8) is 0 Å². The fraction of sp³-hybridized carbons (Fsp3) is 0.565. The second kappa shape index (κ2) is 16.1. The summed E-state index contributed by atoms with van der Waals surface area (Å²) in [7, 11) is 2.44. The van der Waals surface area contributed by atoms with Crippen molar-refractivity contribution in [1.82, 2.24) is 10.6 Å². The Hall–Kier alpha value is -2.60. The molecule has 0 heterocycles. The average molecular weight is 531 g/mol. The number of hydrogen-bond donors (Lipinski definition) is 2. The first kappa shape index (κ1) is 30.4. The molecule has 2 amide bonds. The highest BCUT2D eigenvalue weighted by atomic mass is 33.1. The lowest BCUT2D eigenvalue weighted by Crippen LogP contribution is -2.46. The highest BCUT2D eigenvalue weighted by Gasteiger charge is 2.27. The van der Waals surface area contributed by atoms with Crippen LogP contribution in [0, 0.1) is 0 Å². The number of rotatable bonds is 13. The monoisotopic (exact) mass is 530 g/mol. The molecule has 2 atom stereocenters. The zero-order chi connectivity index (χ0) is 26.3. The van der Waals surface area contributed by atoms with Crippen LogP contribution in [-0.2, 0) is 35.1 Å². The first-order valence-electron chi connectivity index (χ1n) is 11.1. The predicted octanol–water partition coefficient (Wildman–Crippen LogP) is 3.68. The molecule has 196 valence electrons. The van der Waals surface area contributed by atoms with Crippen LogP contribution >= 0.6 is 21.6 Å². The molecule has 0 fully saturated rings. The van der Waals surface area contributed by atoms with Gasteiger partial charge in [0, 0.05) is 11.5 Å². The van der Waals surface area contributed by atoms with Crippen molar-refractivity contribution in [1.29, 1.82) is 0 Å². The summed E-state index contributed by atoms with van der Waals surface area (Å²) in [4.78, 5) is 48.8. The zero-order valence-electron chi connectivity index (χ0n) is 20.7. The Morgan fingerprint density at radius 3 is 1.74 bits per heavy atom. The number of hydrogen-bond acceptors (Lipinski definition) is 10. The summed E-state index contributed by atoms with van der Waals surface area (Å²) in [5.74, 6) is -0.912. The second-order valence-corrected chi connectivity index (χ2v) is 10.6. The number of alkyl carbamates (subject to hydrolysis) is 2. The van der Waals surface area contributed by atoms with E-state index in [1.54, 1.807) is 34.6 Å². The van der Waals surface area contributed by atoms with Crippen molar-refractivity contribution in [2.24, 2.45) is 0 Å². The Morgan fingerprint density at radius 1 is 0.800 bits per heavy atom. The van der Waals surface area contributed by atoms with Gasteiger partial charge in [0.05, 0.1) is 13.2 Å². The second-order valence-electron chi connectivity index (χ2n) is 8.03. The van der Waals surface area contributed by atoms with Gasteiger partial charge in [0.15, 0.2) is 0 Å². The van der Waals surface area contributed by atoms with E-state index in [-0.39, 0.29) is 31.3 Å². The predicted molar refractivity (Wildman–Crippen MR) is 135 cm³/mol. The topological polar surface area (TPSA) is 129 Å². The maximum absolute atomic E-state index is 12.3. The molecular weight excluding hydrogens is 496 g/mol. The van der Waals surface area contributed by atoms with Crippen molar-refractivity contribution >= 4 is 45.7 Å². The molecule has 0 aliphatic rings. The van der Waals surface area contributed by atoms with E-state index in [4.69, 9.17) is 18.9 Å². The fourth-order valence-electron chi connectivity index (χ4n) is 2.41. The summed E-state index contributed by atoms with van der Waals surface area (Å²) in [5.41, 5.74) is 0.0847. The summed E-state index contributed by atoms with van der Waals surface area (Å²) in [6, 6.07) is 7.22. The van der Waals surface area contributed by atoms with Crippen LogP contribution in [0.5, 0.6) is 0 Å². The van der Waals surface area contributed by atoms with Gasteiger partial charge in [-0.25, -0.2) is 19.2 Å². The SMILES string of the molecule is CCOC(=O)[C@H](CSSC[C@H](NC(=O)OC(C)(C)C)C(=O)OCC)NC(=O)OCc1ccccc1. The Kier molecular flexibility index (Phi) is 14.0. The molecule has 0 spiro atoms.